The third-order valence-corrected chi connectivity index (χ3v) is 1.47. The van der Waals surface area contributed by atoms with Crippen LogP contribution in [0.4, 0.5) is 0 Å². The highest BCUT2D eigenvalue weighted by molar-refractivity contribution is 6.10. The van der Waals surface area contributed by atoms with E-state index in [1.54, 1.807) is 0 Å². The van der Waals surface area contributed by atoms with Crippen molar-refractivity contribution in [1.29, 1.82) is 0 Å². The molecule has 0 unspecified atom stereocenters. The van der Waals surface area contributed by atoms with E-state index in [0.717, 1.165) is 10.2 Å². The maximum Gasteiger partial charge on any atom is 0.132 e. The third kappa shape index (κ3) is 6.26. The van der Waals surface area contributed by atoms with Gasteiger partial charge in [0.05, 0.1) is 22.5 Å². The van der Waals surface area contributed by atoms with E-state index in [1.165, 1.54) is 0 Å². The van der Waals surface area contributed by atoms with Crippen molar-refractivity contribution in [3.8, 4) is 0 Å². The average molecular weight is 162 g/mol. The largest absolute Gasteiger partial charge is 0.355 e. The smallest absolute Gasteiger partial charge is 0.132 e. The van der Waals surface area contributed by atoms with Gasteiger partial charge in [-0.2, -0.15) is 0 Å². The second-order valence-corrected chi connectivity index (χ2v) is 3.88. The summed E-state index contributed by atoms with van der Waals surface area (Å²) >= 11 is 0. The van der Waals surface area contributed by atoms with Crippen LogP contribution in [0.5, 0.6) is 0 Å². The zero-order chi connectivity index (χ0) is 8.15. The molecule has 0 N–H and O–H groups in total. The molecule has 0 aromatic heterocycles. The maximum atomic E-state index is 5.40. The summed E-state index contributed by atoms with van der Waals surface area (Å²) < 4.78 is 10.8. The van der Waals surface area contributed by atoms with Gasteiger partial charge in [0.25, 0.3) is 0 Å². The summed E-state index contributed by atoms with van der Waals surface area (Å²) in [4.78, 5) is 0. The minimum Gasteiger partial charge on any atom is -0.355 e. The van der Waals surface area contributed by atoms with Crippen LogP contribution in [0.2, 0.25) is 0 Å². The molecular weight excluding hydrogens is 144 g/mol. The monoisotopic (exact) mass is 162 g/mol. The van der Waals surface area contributed by atoms with Crippen molar-refractivity contribution in [2.24, 2.45) is 0 Å². The molecule has 0 aromatic carbocycles. The molecule has 0 aromatic rings. The molecule has 0 bridgehead atoms. The van der Waals surface area contributed by atoms with Gasteiger partial charge in [0.15, 0.2) is 0 Å². The fourth-order valence-corrected chi connectivity index (χ4v) is 1.89. The van der Waals surface area contributed by atoms with Gasteiger partial charge in [-0.15, -0.1) is 0 Å². The van der Waals surface area contributed by atoms with Gasteiger partial charge in [-0.3, -0.25) is 0 Å². The Balaban J connectivity index is 3.34. The van der Waals surface area contributed by atoms with E-state index in [2.05, 4.69) is 0 Å². The highest BCUT2D eigenvalue weighted by atomic mass is 28.1. The Morgan fingerprint density at radius 3 is 1.40 bits per heavy atom. The maximum absolute atomic E-state index is 5.40. The first-order valence-electron chi connectivity index (χ1n) is 3.83. The van der Waals surface area contributed by atoms with E-state index in [9.17, 15) is 0 Å². The second-order valence-electron chi connectivity index (χ2n) is 2.94. The average Bonchev–Trinajstić information content (AvgIpc) is 1.58. The Morgan fingerprint density at radius 2 is 1.20 bits per heavy atom. The molecule has 3 heteroatoms. The van der Waals surface area contributed by atoms with E-state index in [0.29, 0.717) is 0 Å². The van der Waals surface area contributed by atoms with Crippen LogP contribution in [0.25, 0.3) is 0 Å². The Kier molecular flexibility index (Phi) is 4.94. The van der Waals surface area contributed by atoms with Crippen molar-refractivity contribution in [3.63, 3.8) is 0 Å². The van der Waals surface area contributed by atoms with Crippen molar-refractivity contribution in [1.82, 2.24) is 0 Å². The van der Waals surface area contributed by atoms with Gasteiger partial charge >= 0.3 is 0 Å². The quantitative estimate of drug-likeness (QED) is 0.442. The first kappa shape index (κ1) is 10.1. The van der Waals surface area contributed by atoms with Gasteiger partial charge in [-0.25, -0.2) is 0 Å². The molecule has 10 heavy (non-hydrogen) atoms. The van der Waals surface area contributed by atoms with Crippen LogP contribution < -0.4 is 0 Å². The molecule has 0 spiro atoms. The summed E-state index contributed by atoms with van der Waals surface area (Å²) in [5, 5.41) is 0. The zero-order valence-corrected chi connectivity index (χ0v) is 9.55. The summed E-state index contributed by atoms with van der Waals surface area (Å²) in [5.74, 6) is 0.0556. The minimum absolute atomic E-state index is 0.0556. The number of ether oxygens (including phenoxy) is 2. The van der Waals surface area contributed by atoms with E-state index >= 15 is 0 Å². The Bertz CT molecular complexity index is 73.7. The predicted octanol–water partition coefficient (Wildman–Crippen LogP) is 0.485. The standard InChI is InChI=1S/C7H18O2Si/c1-5(2)8-7(10)9-6(3)4/h5-7H,1-4,10H3. The SMILES string of the molecule is CC(C)OC([SiH3])OC(C)C. The van der Waals surface area contributed by atoms with Crippen LogP contribution in [-0.2, 0) is 9.47 Å². The van der Waals surface area contributed by atoms with Gasteiger partial charge < -0.3 is 9.47 Å². The molecule has 0 aliphatic rings. The number of hydrogen-bond acceptors (Lipinski definition) is 2. The summed E-state index contributed by atoms with van der Waals surface area (Å²) in [7, 11) is 0.940. The summed E-state index contributed by atoms with van der Waals surface area (Å²) in [6.45, 7) is 8.09. The van der Waals surface area contributed by atoms with Gasteiger partial charge in [-0.05, 0) is 27.7 Å². The molecule has 2 nitrogen and oxygen atoms in total. The van der Waals surface area contributed by atoms with Gasteiger partial charge in [0.2, 0.25) is 0 Å². The van der Waals surface area contributed by atoms with Crippen LogP contribution in [0, 0.1) is 0 Å². The van der Waals surface area contributed by atoms with Crippen LogP contribution >= 0.6 is 0 Å². The van der Waals surface area contributed by atoms with E-state index < -0.39 is 0 Å². The molecule has 0 saturated carbocycles. The lowest BCUT2D eigenvalue weighted by Crippen LogP contribution is -2.24. The molecule has 0 radical (unpaired) electrons. The van der Waals surface area contributed by atoms with Crippen molar-refractivity contribution >= 4 is 10.2 Å². The molecule has 0 amide bonds. The highest BCUT2D eigenvalue weighted by Gasteiger charge is 2.05. The molecule has 0 atom stereocenters. The zero-order valence-electron chi connectivity index (χ0n) is 7.55. The molecule has 0 saturated heterocycles. The second kappa shape index (κ2) is 4.88. The van der Waals surface area contributed by atoms with Crippen LogP contribution in [0.15, 0.2) is 0 Å². The van der Waals surface area contributed by atoms with Crippen molar-refractivity contribution < 1.29 is 9.47 Å². The van der Waals surface area contributed by atoms with Crippen LogP contribution in [-0.4, -0.2) is 28.4 Å². The van der Waals surface area contributed by atoms with E-state index in [1.807, 2.05) is 27.7 Å². The highest BCUT2D eigenvalue weighted by Crippen LogP contribution is 1.99. The fraction of sp³-hybridized carbons (Fsp3) is 1.00. The number of hydrogen-bond donors (Lipinski definition) is 0. The third-order valence-electron chi connectivity index (χ3n) is 0.928. The fourth-order valence-electron chi connectivity index (χ4n) is 0.799. The topological polar surface area (TPSA) is 18.5 Å². The van der Waals surface area contributed by atoms with Crippen LogP contribution in [0.1, 0.15) is 27.7 Å². The molecule has 0 heterocycles. The van der Waals surface area contributed by atoms with Gasteiger partial charge in [0, 0.05) is 0 Å². The summed E-state index contributed by atoms with van der Waals surface area (Å²) in [6, 6.07) is 0. The lowest BCUT2D eigenvalue weighted by atomic mass is 10.5. The Hall–Kier alpha value is 0.137. The van der Waals surface area contributed by atoms with Crippen molar-refractivity contribution in [2.45, 2.75) is 45.8 Å². The predicted molar refractivity (Wildman–Crippen MR) is 46.2 cm³/mol. The van der Waals surface area contributed by atoms with Crippen LogP contribution in [0.3, 0.4) is 0 Å². The molecular formula is C7H18O2Si. The molecule has 0 aliphatic carbocycles. The van der Waals surface area contributed by atoms with Gasteiger partial charge in [0.1, 0.15) is 5.91 Å². The Morgan fingerprint density at radius 1 is 0.900 bits per heavy atom. The first-order chi connectivity index (χ1) is 4.52. The minimum atomic E-state index is 0.0556. The molecule has 62 valence electrons. The molecule has 0 rings (SSSR count). The van der Waals surface area contributed by atoms with Gasteiger partial charge in [-0.1, -0.05) is 0 Å². The number of rotatable bonds is 4. The van der Waals surface area contributed by atoms with E-state index in [-0.39, 0.29) is 18.1 Å². The molecule has 0 aliphatic heterocycles. The summed E-state index contributed by atoms with van der Waals surface area (Å²) in [5.41, 5.74) is 0. The molecule has 0 fully saturated rings. The van der Waals surface area contributed by atoms with Crippen molar-refractivity contribution in [3.05, 3.63) is 0 Å². The Labute approximate surface area is 66.3 Å². The normalized spacial score (nSPS) is 12.3. The summed E-state index contributed by atoms with van der Waals surface area (Å²) in [6.07, 6.45) is 0.558. The van der Waals surface area contributed by atoms with Crippen molar-refractivity contribution in [2.75, 3.05) is 0 Å². The first-order valence-corrected chi connectivity index (χ1v) is 4.98. The lowest BCUT2D eigenvalue weighted by Gasteiger charge is -2.18. The van der Waals surface area contributed by atoms with E-state index in [4.69, 9.17) is 9.47 Å². The lowest BCUT2D eigenvalue weighted by molar-refractivity contribution is -0.131.